The van der Waals surface area contributed by atoms with Crippen LogP contribution in [0.1, 0.15) is 36.5 Å². The quantitative estimate of drug-likeness (QED) is 0.355. The normalized spacial score (nSPS) is 10.1. The zero-order valence-corrected chi connectivity index (χ0v) is 16.3. The molecule has 0 bridgehead atoms. The average molecular weight is 403 g/mol. The second kappa shape index (κ2) is 11.0. The summed E-state index contributed by atoms with van der Waals surface area (Å²) in [5, 5.41) is 2.94. The number of halogens is 1. The molecule has 148 valence electrons. The van der Waals surface area contributed by atoms with E-state index in [9.17, 15) is 14.0 Å². The van der Waals surface area contributed by atoms with E-state index < -0.39 is 0 Å². The summed E-state index contributed by atoms with van der Waals surface area (Å²) in [6, 6.07) is 12.5. The lowest BCUT2D eigenvalue weighted by atomic mass is 10.1. The Morgan fingerprint density at radius 2 is 1.68 bits per heavy atom. The van der Waals surface area contributed by atoms with Gasteiger partial charge in [0.05, 0.1) is 6.61 Å². The van der Waals surface area contributed by atoms with Crippen LogP contribution in [-0.4, -0.2) is 23.4 Å². The van der Waals surface area contributed by atoms with Crippen LogP contribution in [0.25, 0.3) is 0 Å². The predicted octanol–water partition coefficient (Wildman–Crippen LogP) is 3.60. The number of carbonyl (C=O) groups excluding carboxylic acids is 2. The first-order chi connectivity index (χ1) is 13.5. The van der Waals surface area contributed by atoms with Crippen molar-refractivity contribution in [3.63, 3.8) is 0 Å². The summed E-state index contributed by atoms with van der Waals surface area (Å²) in [7, 11) is 0. The van der Waals surface area contributed by atoms with E-state index in [1.807, 2.05) is 6.92 Å². The number of thiocarbonyl (C=S) groups is 1. The Kier molecular flexibility index (Phi) is 8.36. The largest absolute Gasteiger partial charge is 0.494 e. The van der Waals surface area contributed by atoms with Crippen LogP contribution in [-0.2, 0) is 4.79 Å². The standard InChI is InChI=1S/C20H22FN3O3S/c1-2-13-27-17-9-3-14(4-10-17)18(25)11-12-19(26)23-24-20(28)22-16-7-5-15(21)6-8-16/h3-10H,2,11-13H2,1H3,(H,23,26)(H2,22,24,28). The molecule has 0 saturated carbocycles. The SMILES string of the molecule is CCCOc1ccc(C(=O)CCC(=O)NNC(=S)Nc2ccc(F)cc2)cc1. The first-order valence-electron chi connectivity index (χ1n) is 8.85. The van der Waals surface area contributed by atoms with Crippen LogP contribution in [0.2, 0.25) is 0 Å². The highest BCUT2D eigenvalue weighted by atomic mass is 32.1. The van der Waals surface area contributed by atoms with E-state index in [1.54, 1.807) is 24.3 Å². The fourth-order valence-electron chi connectivity index (χ4n) is 2.21. The Morgan fingerprint density at radius 1 is 1.00 bits per heavy atom. The molecule has 28 heavy (non-hydrogen) atoms. The van der Waals surface area contributed by atoms with E-state index in [4.69, 9.17) is 17.0 Å². The second-order valence-electron chi connectivity index (χ2n) is 5.93. The van der Waals surface area contributed by atoms with Gasteiger partial charge in [0.2, 0.25) is 5.91 Å². The number of nitrogens with one attached hydrogen (secondary N) is 3. The van der Waals surface area contributed by atoms with Crippen molar-refractivity contribution < 1.29 is 18.7 Å². The van der Waals surface area contributed by atoms with Crippen LogP contribution in [0.15, 0.2) is 48.5 Å². The maximum Gasteiger partial charge on any atom is 0.238 e. The summed E-state index contributed by atoms with van der Waals surface area (Å²) >= 11 is 5.03. The molecule has 0 saturated heterocycles. The Labute approximate surface area is 168 Å². The van der Waals surface area contributed by atoms with E-state index in [-0.39, 0.29) is 35.5 Å². The van der Waals surface area contributed by atoms with Crippen LogP contribution in [0.5, 0.6) is 5.75 Å². The number of rotatable bonds is 8. The Balaban J connectivity index is 1.70. The Morgan fingerprint density at radius 3 is 2.32 bits per heavy atom. The summed E-state index contributed by atoms with van der Waals surface area (Å²) in [5.41, 5.74) is 6.05. The van der Waals surface area contributed by atoms with Gasteiger partial charge in [0.1, 0.15) is 11.6 Å². The maximum absolute atomic E-state index is 12.9. The van der Waals surface area contributed by atoms with Crippen molar-refractivity contribution in [2.45, 2.75) is 26.2 Å². The Bertz CT molecular complexity index is 810. The molecule has 3 N–H and O–H groups in total. The number of benzene rings is 2. The zero-order valence-electron chi connectivity index (χ0n) is 15.5. The van der Waals surface area contributed by atoms with Crippen molar-refractivity contribution in [2.24, 2.45) is 0 Å². The van der Waals surface area contributed by atoms with Gasteiger partial charge in [0, 0.05) is 24.1 Å². The molecule has 8 heteroatoms. The first kappa shape index (κ1) is 21.3. The molecule has 0 unspecified atom stereocenters. The van der Waals surface area contributed by atoms with Crippen molar-refractivity contribution >= 4 is 34.7 Å². The van der Waals surface area contributed by atoms with E-state index in [2.05, 4.69) is 16.2 Å². The average Bonchev–Trinajstić information content (AvgIpc) is 2.71. The number of amides is 1. The van der Waals surface area contributed by atoms with E-state index in [0.717, 1.165) is 6.42 Å². The number of ether oxygens (including phenoxy) is 1. The second-order valence-corrected chi connectivity index (χ2v) is 6.34. The van der Waals surface area contributed by atoms with E-state index in [0.29, 0.717) is 23.6 Å². The number of hydrazine groups is 1. The fraction of sp³-hybridized carbons (Fsp3) is 0.250. The first-order valence-corrected chi connectivity index (χ1v) is 9.26. The van der Waals surface area contributed by atoms with Crippen molar-refractivity contribution in [2.75, 3.05) is 11.9 Å². The number of Topliss-reactive ketones (excluding diaryl/α,β-unsaturated/α-hetero) is 1. The number of hydrogen-bond donors (Lipinski definition) is 3. The molecule has 0 heterocycles. The van der Waals surface area contributed by atoms with Crippen LogP contribution >= 0.6 is 12.2 Å². The van der Waals surface area contributed by atoms with Gasteiger partial charge in [0.15, 0.2) is 10.9 Å². The van der Waals surface area contributed by atoms with Crippen LogP contribution < -0.4 is 20.9 Å². The van der Waals surface area contributed by atoms with E-state index >= 15 is 0 Å². The monoisotopic (exact) mass is 403 g/mol. The highest BCUT2D eigenvalue weighted by molar-refractivity contribution is 7.80. The van der Waals surface area contributed by atoms with Gasteiger partial charge in [-0.1, -0.05) is 6.92 Å². The molecular weight excluding hydrogens is 381 g/mol. The van der Waals surface area contributed by atoms with Crippen LogP contribution in [0.3, 0.4) is 0 Å². The molecule has 1 amide bonds. The van der Waals surface area contributed by atoms with Gasteiger partial charge in [0.25, 0.3) is 0 Å². The Hall–Kier alpha value is -3.00. The van der Waals surface area contributed by atoms with Crippen molar-refractivity contribution in [3.8, 4) is 5.75 Å². The van der Waals surface area contributed by atoms with Gasteiger partial charge >= 0.3 is 0 Å². The summed E-state index contributed by atoms with van der Waals surface area (Å²) in [6.45, 7) is 2.64. The third-order valence-corrected chi connectivity index (χ3v) is 3.85. The topological polar surface area (TPSA) is 79.5 Å². The number of hydrogen-bond acceptors (Lipinski definition) is 4. The molecule has 0 aromatic heterocycles. The molecule has 0 aliphatic carbocycles. The maximum atomic E-state index is 12.9. The van der Waals surface area contributed by atoms with Crippen molar-refractivity contribution in [1.82, 2.24) is 10.9 Å². The lowest BCUT2D eigenvalue weighted by molar-refractivity contribution is -0.121. The summed E-state index contributed by atoms with van der Waals surface area (Å²) in [6.07, 6.45) is 0.993. The summed E-state index contributed by atoms with van der Waals surface area (Å²) < 4.78 is 18.3. The molecule has 6 nitrogen and oxygen atoms in total. The lowest BCUT2D eigenvalue weighted by Crippen LogP contribution is -2.43. The molecule has 2 aromatic carbocycles. The van der Waals surface area contributed by atoms with E-state index in [1.165, 1.54) is 24.3 Å². The number of anilines is 1. The van der Waals surface area contributed by atoms with Gasteiger partial charge in [-0.05, 0) is 67.2 Å². The molecule has 0 atom stereocenters. The highest BCUT2D eigenvalue weighted by Gasteiger charge is 2.10. The number of carbonyl (C=O) groups is 2. The van der Waals surface area contributed by atoms with Gasteiger partial charge in [-0.2, -0.15) is 0 Å². The molecule has 0 aliphatic heterocycles. The van der Waals surface area contributed by atoms with Gasteiger partial charge in [-0.15, -0.1) is 0 Å². The third-order valence-electron chi connectivity index (χ3n) is 3.65. The minimum Gasteiger partial charge on any atom is -0.494 e. The predicted molar refractivity (Wildman–Crippen MR) is 110 cm³/mol. The highest BCUT2D eigenvalue weighted by Crippen LogP contribution is 2.14. The molecule has 0 spiro atoms. The molecule has 0 radical (unpaired) electrons. The minimum atomic E-state index is -0.375. The molecule has 0 aliphatic rings. The smallest absolute Gasteiger partial charge is 0.238 e. The van der Waals surface area contributed by atoms with Gasteiger partial charge < -0.3 is 10.1 Å². The number of ketones is 1. The molecule has 2 rings (SSSR count). The van der Waals surface area contributed by atoms with Crippen LogP contribution in [0, 0.1) is 5.82 Å². The third kappa shape index (κ3) is 7.32. The zero-order chi connectivity index (χ0) is 20.4. The molecular formula is C20H22FN3O3S. The molecule has 2 aromatic rings. The summed E-state index contributed by atoms with van der Waals surface area (Å²) in [5.74, 6) is -0.156. The fourth-order valence-corrected chi connectivity index (χ4v) is 2.38. The van der Waals surface area contributed by atoms with Crippen molar-refractivity contribution in [3.05, 3.63) is 59.9 Å². The van der Waals surface area contributed by atoms with Crippen molar-refractivity contribution in [1.29, 1.82) is 0 Å². The summed E-state index contributed by atoms with van der Waals surface area (Å²) in [4.78, 5) is 24.0. The molecule has 0 fully saturated rings. The van der Waals surface area contributed by atoms with Crippen LogP contribution in [0.4, 0.5) is 10.1 Å². The minimum absolute atomic E-state index is 0.0130. The van der Waals surface area contributed by atoms with Gasteiger partial charge in [-0.25, -0.2) is 4.39 Å². The lowest BCUT2D eigenvalue weighted by Gasteiger charge is -2.11. The van der Waals surface area contributed by atoms with Gasteiger partial charge in [-0.3, -0.25) is 20.4 Å².